The largest absolute Gasteiger partial charge is 0.368 e. The molecular formula is C18H21N15. The Morgan fingerprint density at radius 1 is 0.727 bits per heavy atom. The molecule has 15 nitrogen and oxygen atoms in total. The van der Waals surface area contributed by atoms with Gasteiger partial charge in [0.15, 0.2) is 11.2 Å². The summed E-state index contributed by atoms with van der Waals surface area (Å²) in [6.07, 6.45) is 5.28. The molecule has 0 saturated carbocycles. The molecular weight excluding hydrogens is 426 g/mol. The van der Waals surface area contributed by atoms with Gasteiger partial charge in [0.2, 0.25) is 23.5 Å². The maximum atomic E-state index is 5.39. The molecule has 0 spiro atoms. The van der Waals surface area contributed by atoms with Gasteiger partial charge in [0.05, 0.1) is 11.1 Å². The highest BCUT2D eigenvalue weighted by molar-refractivity contribution is 5.79. The first kappa shape index (κ1) is 21.3. The van der Waals surface area contributed by atoms with E-state index in [1.54, 1.807) is 12.4 Å². The van der Waals surface area contributed by atoms with Crippen LogP contribution in [0.25, 0.3) is 33.2 Å². The summed E-state index contributed by atoms with van der Waals surface area (Å²) in [5.74, 6) is 0.784. The van der Waals surface area contributed by atoms with Crippen LogP contribution in [-0.4, -0.2) is 60.5 Å². The van der Waals surface area contributed by atoms with E-state index in [0.29, 0.717) is 22.8 Å². The minimum atomic E-state index is 0.226. The topological polar surface area (TPSA) is 241 Å². The van der Waals surface area contributed by atoms with Crippen LogP contribution in [0.2, 0.25) is 0 Å². The number of rotatable bonds is 0. The highest BCUT2D eigenvalue weighted by Crippen LogP contribution is 2.14. The van der Waals surface area contributed by atoms with Gasteiger partial charge in [-0.15, -0.1) is 5.10 Å². The summed E-state index contributed by atoms with van der Waals surface area (Å²) < 4.78 is 0. The van der Waals surface area contributed by atoms with E-state index in [-0.39, 0.29) is 11.9 Å². The summed E-state index contributed by atoms with van der Waals surface area (Å²) in [6.45, 7) is 5.72. The first-order chi connectivity index (χ1) is 15.8. The standard InChI is InChI=1S/C7H8N4.C6H7N5.C5H6N6/c1-4-2-9-6-5(4)3-10-7(8)11-6;1-3-4-2-8-6(7)9-5(4)11-10-3;1-2-3-4(10-11-9-3)8-5(6)7-2/h2-3H,1H3,(H3,8,9,10,11);2H,1H3,(H3,7,8,9,10,11);1H3,(H3,6,7,8,9,10,11). The predicted octanol–water partition coefficient (Wildman–Crippen LogP) is 0.731. The maximum absolute atomic E-state index is 5.39. The van der Waals surface area contributed by atoms with Crippen LogP contribution < -0.4 is 17.2 Å². The third-order valence-electron chi connectivity index (χ3n) is 4.55. The van der Waals surface area contributed by atoms with Crippen molar-refractivity contribution in [2.45, 2.75) is 20.8 Å². The van der Waals surface area contributed by atoms with Crippen molar-refractivity contribution in [3.63, 3.8) is 0 Å². The molecule has 6 aromatic rings. The van der Waals surface area contributed by atoms with Crippen LogP contribution >= 0.6 is 0 Å². The lowest BCUT2D eigenvalue weighted by Gasteiger charge is -1.92. The number of H-pyrrole nitrogens is 3. The molecule has 33 heavy (non-hydrogen) atoms. The van der Waals surface area contributed by atoms with Gasteiger partial charge < -0.3 is 22.2 Å². The van der Waals surface area contributed by atoms with Crippen LogP contribution in [0.1, 0.15) is 17.0 Å². The highest BCUT2D eigenvalue weighted by atomic mass is 15.3. The Hall–Kier alpha value is -4.95. The third kappa shape index (κ3) is 4.55. The van der Waals surface area contributed by atoms with E-state index in [9.17, 15) is 0 Å². The first-order valence-corrected chi connectivity index (χ1v) is 9.61. The van der Waals surface area contributed by atoms with Gasteiger partial charge in [-0.05, 0) is 26.3 Å². The lowest BCUT2D eigenvalue weighted by molar-refractivity contribution is 0.954. The fourth-order valence-corrected chi connectivity index (χ4v) is 2.89. The molecule has 0 aliphatic carbocycles. The Labute approximate surface area is 185 Å². The maximum Gasteiger partial charge on any atom is 0.222 e. The summed E-state index contributed by atoms with van der Waals surface area (Å²) in [6, 6.07) is 0. The van der Waals surface area contributed by atoms with Gasteiger partial charge in [0.1, 0.15) is 5.65 Å². The second-order valence-electron chi connectivity index (χ2n) is 6.94. The minimum Gasteiger partial charge on any atom is -0.368 e. The normalized spacial score (nSPS) is 10.6. The smallest absolute Gasteiger partial charge is 0.222 e. The van der Waals surface area contributed by atoms with Crippen molar-refractivity contribution in [2.75, 3.05) is 17.2 Å². The number of nitrogens with two attached hydrogens (primary N) is 3. The summed E-state index contributed by atoms with van der Waals surface area (Å²) in [4.78, 5) is 26.4. The van der Waals surface area contributed by atoms with E-state index < -0.39 is 0 Å². The molecule has 0 unspecified atom stereocenters. The van der Waals surface area contributed by atoms with E-state index >= 15 is 0 Å². The molecule has 6 rings (SSSR count). The Morgan fingerprint density at radius 2 is 1.42 bits per heavy atom. The van der Waals surface area contributed by atoms with E-state index in [0.717, 1.165) is 33.4 Å². The van der Waals surface area contributed by atoms with Crippen LogP contribution in [0, 0.1) is 20.8 Å². The minimum absolute atomic E-state index is 0.226. The highest BCUT2D eigenvalue weighted by Gasteiger charge is 2.05. The van der Waals surface area contributed by atoms with Crippen molar-refractivity contribution in [1.29, 1.82) is 0 Å². The van der Waals surface area contributed by atoms with Crippen LogP contribution in [0.3, 0.4) is 0 Å². The van der Waals surface area contributed by atoms with Gasteiger partial charge in [-0.3, -0.25) is 5.10 Å². The summed E-state index contributed by atoms with van der Waals surface area (Å²) in [5.41, 5.74) is 21.6. The molecule has 168 valence electrons. The number of aromatic nitrogens is 12. The molecule has 0 aliphatic rings. The Morgan fingerprint density at radius 3 is 2.21 bits per heavy atom. The molecule has 0 amide bonds. The molecule has 0 aliphatic heterocycles. The SMILES string of the molecule is Cc1[nH]nc2nc(N)ncc12.Cc1c[nH]c2nc(N)ncc12.Cc1nc(N)nc2n[nH]nc12. The zero-order valence-corrected chi connectivity index (χ0v) is 18.0. The number of hydrogen-bond donors (Lipinski definition) is 6. The Balaban J connectivity index is 0.000000118. The number of aromatic amines is 3. The number of hydrogen-bond acceptors (Lipinski definition) is 12. The lowest BCUT2D eigenvalue weighted by atomic mass is 10.3. The molecule has 0 radical (unpaired) electrons. The quantitative estimate of drug-likeness (QED) is 0.189. The zero-order valence-electron chi connectivity index (χ0n) is 18.0. The summed E-state index contributed by atoms with van der Waals surface area (Å²) in [7, 11) is 0. The molecule has 15 heteroatoms. The predicted molar refractivity (Wildman–Crippen MR) is 122 cm³/mol. The van der Waals surface area contributed by atoms with Crippen molar-refractivity contribution in [3.8, 4) is 0 Å². The zero-order chi connectivity index (χ0) is 23.5. The summed E-state index contributed by atoms with van der Waals surface area (Å²) in [5, 5.41) is 18.7. The number of fused-ring (bicyclic) bond motifs is 3. The Bertz CT molecular complexity index is 1460. The first-order valence-electron chi connectivity index (χ1n) is 9.61. The number of anilines is 3. The van der Waals surface area contributed by atoms with Gasteiger partial charge >= 0.3 is 0 Å². The number of nitrogens with zero attached hydrogens (tertiary/aromatic N) is 9. The monoisotopic (exact) mass is 447 g/mol. The van der Waals surface area contributed by atoms with Gasteiger partial charge in [0.25, 0.3) is 0 Å². The van der Waals surface area contributed by atoms with Gasteiger partial charge in [-0.2, -0.15) is 30.4 Å². The van der Waals surface area contributed by atoms with Crippen LogP contribution in [0.15, 0.2) is 18.6 Å². The van der Waals surface area contributed by atoms with Crippen molar-refractivity contribution < 1.29 is 0 Å². The molecule has 0 saturated heterocycles. The number of nitrogens with one attached hydrogen (secondary N) is 3. The third-order valence-corrected chi connectivity index (χ3v) is 4.55. The van der Waals surface area contributed by atoms with Crippen LogP contribution in [0.5, 0.6) is 0 Å². The lowest BCUT2D eigenvalue weighted by Crippen LogP contribution is -1.96. The molecule has 0 aromatic carbocycles. The fraction of sp³-hybridized carbons (Fsp3) is 0.167. The summed E-state index contributed by atoms with van der Waals surface area (Å²) >= 11 is 0. The number of nitrogen functional groups attached to an aromatic ring is 3. The van der Waals surface area contributed by atoms with E-state index in [1.165, 1.54) is 0 Å². The molecule has 0 fully saturated rings. The molecule has 9 N–H and O–H groups in total. The molecule has 6 aromatic heterocycles. The van der Waals surface area contributed by atoms with Gasteiger partial charge in [-0.1, -0.05) is 0 Å². The second kappa shape index (κ2) is 8.66. The van der Waals surface area contributed by atoms with Crippen molar-refractivity contribution in [3.05, 3.63) is 35.5 Å². The number of aryl methyl sites for hydroxylation is 3. The molecule has 0 bridgehead atoms. The van der Waals surface area contributed by atoms with Crippen molar-refractivity contribution in [2.24, 2.45) is 0 Å². The van der Waals surface area contributed by atoms with Gasteiger partial charge in [0, 0.05) is 29.7 Å². The average molecular weight is 447 g/mol. The van der Waals surface area contributed by atoms with Crippen molar-refractivity contribution in [1.82, 2.24) is 60.5 Å². The average Bonchev–Trinajstić information content (AvgIpc) is 3.48. The fourth-order valence-electron chi connectivity index (χ4n) is 2.89. The van der Waals surface area contributed by atoms with Crippen LogP contribution in [0.4, 0.5) is 17.8 Å². The van der Waals surface area contributed by atoms with E-state index in [1.807, 2.05) is 27.0 Å². The molecule has 0 atom stereocenters. The van der Waals surface area contributed by atoms with E-state index in [4.69, 9.17) is 17.2 Å². The second-order valence-corrected chi connectivity index (χ2v) is 6.94. The van der Waals surface area contributed by atoms with Gasteiger partial charge in [-0.25, -0.2) is 15.0 Å². The van der Waals surface area contributed by atoms with Crippen molar-refractivity contribution >= 4 is 51.1 Å². The van der Waals surface area contributed by atoms with Crippen LogP contribution in [-0.2, 0) is 0 Å². The molecule has 6 heterocycles. The van der Waals surface area contributed by atoms with E-state index in [2.05, 4.69) is 60.5 Å². The Kier molecular flexibility index (Phi) is 5.58.